The summed E-state index contributed by atoms with van der Waals surface area (Å²) in [6, 6.07) is 0.561. The van der Waals surface area contributed by atoms with Crippen LogP contribution in [-0.4, -0.2) is 48.8 Å². The van der Waals surface area contributed by atoms with Gasteiger partial charge in [-0.15, -0.1) is 0 Å². The van der Waals surface area contributed by atoms with Crippen molar-refractivity contribution in [1.29, 1.82) is 0 Å². The van der Waals surface area contributed by atoms with Crippen LogP contribution in [0.2, 0.25) is 0 Å². The standard InChI is InChI=1S/C13H28N2O/c1-5-13(6-2)15(8-9-16)11-12(4)10-14-7-3/h13-14,16H,4-11H2,1-3H3. The van der Waals surface area contributed by atoms with Crippen molar-refractivity contribution in [1.82, 2.24) is 10.2 Å². The zero-order chi connectivity index (χ0) is 12.4. The van der Waals surface area contributed by atoms with Crippen molar-refractivity contribution in [2.75, 3.05) is 32.8 Å². The van der Waals surface area contributed by atoms with E-state index < -0.39 is 0 Å². The highest BCUT2D eigenvalue weighted by Gasteiger charge is 2.14. The predicted molar refractivity (Wildman–Crippen MR) is 70.7 cm³/mol. The minimum Gasteiger partial charge on any atom is -0.395 e. The summed E-state index contributed by atoms with van der Waals surface area (Å²) in [6.07, 6.45) is 2.26. The number of hydrogen-bond acceptors (Lipinski definition) is 3. The molecule has 0 unspecified atom stereocenters. The van der Waals surface area contributed by atoms with E-state index in [1.165, 1.54) is 5.57 Å². The summed E-state index contributed by atoms with van der Waals surface area (Å²) in [6.45, 7) is 14.3. The summed E-state index contributed by atoms with van der Waals surface area (Å²) in [5.41, 5.74) is 1.20. The Kier molecular flexibility index (Phi) is 9.59. The fraction of sp³-hybridized carbons (Fsp3) is 0.846. The van der Waals surface area contributed by atoms with Crippen molar-refractivity contribution in [3.05, 3.63) is 12.2 Å². The molecule has 96 valence electrons. The molecule has 2 N–H and O–H groups in total. The molecule has 3 heteroatoms. The number of nitrogens with one attached hydrogen (secondary N) is 1. The average Bonchev–Trinajstić information content (AvgIpc) is 2.28. The molecule has 3 nitrogen and oxygen atoms in total. The molecule has 0 spiro atoms. The number of nitrogens with zero attached hydrogens (tertiary/aromatic N) is 1. The first kappa shape index (κ1) is 15.6. The first-order chi connectivity index (χ1) is 7.69. The van der Waals surface area contributed by atoms with Crippen molar-refractivity contribution in [3.63, 3.8) is 0 Å². The topological polar surface area (TPSA) is 35.5 Å². The van der Waals surface area contributed by atoms with Crippen LogP contribution in [0.15, 0.2) is 12.2 Å². The van der Waals surface area contributed by atoms with Crippen molar-refractivity contribution in [2.45, 2.75) is 39.7 Å². The first-order valence-corrected chi connectivity index (χ1v) is 6.41. The minimum atomic E-state index is 0.227. The van der Waals surface area contributed by atoms with Gasteiger partial charge >= 0.3 is 0 Å². The van der Waals surface area contributed by atoms with Gasteiger partial charge in [0.2, 0.25) is 0 Å². The van der Waals surface area contributed by atoms with Gasteiger partial charge < -0.3 is 10.4 Å². The molecule has 0 fully saturated rings. The first-order valence-electron chi connectivity index (χ1n) is 6.41. The smallest absolute Gasteiger partial charge is 0.0558 e. The van der Waals surface area contributed by atoms with Gasteiger partial charge in [-0.1, -0.05) is 27.4 Å². The zero-order valence-corrected chi connectivity index (χ0v) is 11.1. The normalized spacial score (nSPS) is 11.4. The maximum absolute atomic E-state index is 9.08. The quantitative estimate of drug-likeness (QED) is 0.558. The molecule has 0 bridgehead atoms. The number of hydrogen-bond donors (Lipinski definition) is 2. The third-order valence-electron chi connectivity index (χ3n) is 2.90. The van der Waals surface area contributed by atoms with E-state index in [9.17, 15) is 0 Å². The van der Waals surface area contributed by atoms with Crippen molar-refractivity contribution in [3.8, 4) is 0 Å². The van der Waals surface area contributed by atoms with Crippen LogP contribution in [-0.2, 0) is 0 Å². The molecule has 0 aromatic heterocycles. The van der Waals surface area contributed by atoms with E-state index >= 15 is 0 Å². The van der Waals surface area contributed by atoms with Gasteiger partial charge in [0, 0.05) is 25.7 Å². The molecular formula is C13H28N2O. The molecule has 0 atom stereocenters. The van der Waals surface area contributed by atoms with Gasteiger partial charge in [-0.2, -0.15) is 0 Å². The highest BCUT2D eigenvalue weighted by molar-refractivity contribution is 5.00. The lowest BCUT2D eigenvalue weighted by molar-refractivity contribution is 0.154. The SMILES string of the molecule is C=C(CNCC)CN(CCO)C(CC)CC. The second-order valence-electron chi connectivity index (χ2n) is 4.19. The van der Waals surface area contributed by atoms with Crippen molar-refractivity contribution in [2.24, 2.45) is 0 Å². The third kappa shape index (κ3) is 6.26. The number of rotatable bonds is 10. The van der Waals surface area contributed by atoms with Crippen LogP contribution in [0.1, 0.15) is 33.6 Å². The Balaban J connectivity index is 4.14. The Morgan fingerprint density at radius 1 is 1.31 bits per heavy atom. The Bertz CT molecular complexity index is 179. The van der Waals surface area contributed by atoms with Gasteiger partial charge in [-0.3, -0.25) is 4.90 Å². The largest absolute Gasteiger partial charge is 0.395 e. The number of likely N-dealkylation sites (N-methyl/N-ethyl adjacent to an activating group) is 1. The van der Waals surface area contributed by atoms with Crippen molar-refractivity contribution >= 4 is 0 Å². The number of aliphatic hydroxyl groups is 1. The fourth-order valence-electron chi connectivity index (χ4n) is 1.97. The van der Waals surface area contributed by atoms with Gasteiger partial charge in [0.1, 0.15) is 0 Å². The van der Waals surface area contributed by atoms with E-state index in [1.807, 2.05) is 0 Å². The Hall–Kier alpha value is -0.380. The monoisotopic (exact) mass is 228 g/mol. The summed E-state index contributed by atoms with van der Waals surface area (Å²) in [7, 11) is 0. The molecule has 0 aliphatic heterocycles. The van der Waals surface area contributed by atoms with Gasteiger partial charge in [0.15, 0.2) is 0 Å². The molecule has 0 aromatic rings. The van der Waals surface area contributed by atoms with Gasteiger partial charge in [-0.05, 0) is 25.0 Å². The van der Waals surface area contributed by atoms with Crippen LogP contribution in [0, 0.1) is 0 Å². The molecule has 0 aromatic carbocycles. The second-order valence-corrected chi connectivity index (χ2v) is 4.19. The lowest BCUT2D eigenvalue weighted by atomic mass is 10.1. The number of aliphatic hydroxyl groups excluding tert-OH is 1. The molecule has 0 saturated carbocycles. The van der Waals surface area contributed by atoms with E-state index in [2.05, 4.69) is 37.6 Å². The third-order valence-corrected chi connectivity index (χ3v) is 2.90. The molecule has 16 heavy (non-hydrogen) atoms. The molecule has 0 amide bonds. The van der Waals surface area contributed by atoms with Crippen LogP contribution in [0.5, 0.6) is 0 Å². The summed E-state index contributed by atoms with van der Waals surface area (Å²) in [4.78, 5) is 2.33. The predicted octanol–water partition coefficient (Wildman–Crippen LogP) is 1.63. The van der Waals surface area contributed by atoms with Crippen LogP contribution >= 0.6 is 0 Å². The van der Waals surface area contributed by atoms with Crippen LogP contribution in [0.4, 0.5) is 0 Å². The van der Waals surface area contributed by atoms with Gasteiger partial charge in [0.25, 0.3) is 0 Å². The minimum absolute atomic E-state index is 0.227. The molecule has 0 heterocycles. The summed E-state index contributed by atoms with van der Waals surface area (Å²) in [5.74, 6) is 0. The van der Waals surface area contributed by atoms with Crippen LogP contribution in [0.25, 0.3) is 0 Å². The molecule has 0 aliphatic carbocycles. The van der Waals surface area contributed by atoms with Gasteiger partial charge in [-0.25, -0.2) is 0 Å². The molecule has 0 rings (SSSR count). The van der Waals surface area contributed by atoms with Crippen LogP contribution in [0.3, 0.4) is 0 Å². The Labute approximate surface area is 101 Å². The maximum Gasteiger partial charge on any atom is 0.0558 e. The van der Waals surface area contributed by atoms with E-state index in [1.54, 1.807) is 0 Å². The average molecular weight is 228 g/mol. The van der Waals surface area contributed by atoms with Crippen molar-refractivity contribution < 1.29 is 5.11 Å². The molecular weight excluding hydrogens is 200 g/mol. The molecule has 0 saturated heterocycles. The summed E-state index contributed by atoms with van der Waals surface area (Å²) < 4.78 is 0. The molecule has 0 radical (unpaired) electrons. The van der Waals surface area contributed by atoms with E-state index in [4.69, 9.17) is 5.11 Å². The maximum atomic E-state index is 9.08. The lowest BCUT2D eigenvalue weighted by Crippen LogP contribution is -2.39. The molecule has 0 aliphatic rings. The van der Waals surface area contributed by atoms with E-state index in [-0.39, 0.29) is 6.61 Å². The second kappa shape index (κ2) is 9.82. The zero-order valence-electron chi connectivity index (χ0n) is 11.1. The Morgan fingerprint density at radius 2 is 1.94 bits per heavy atom. The lowest BCUT2D eigenvalue weighted by Gasteiger charge is -2.30. The highest BCUT2D eigenvalue weighted by atomic mass is 16.3. The summed E-state index contributed by atoms with van der Waals surface area (Å²) >= 11 is 0. The van der Waals surface area contributed by atoms with Gasteiger partial charge in [0.05, 0.1) is 6.61 Å². The summed E-state index contributed by atoms with van der Waals surface area (Å²) in [5, 5.41) is 12.4. The van der Waals surface area contributed by atoms with Crippen LogP contribution < -0.4 is 5.32 Å². The van der Waals surface area contributed by atoms with E-state index in [0.29, 0.717) is 6.04 Å². The fourth-order valence-corrected chi connectivity index (χ4v) is 1.97. The van der Waals surface area contributed by atoms with E-state index in [0.717, 1.165) is 39.0 Å². The highest BCUT2D eigenvalue weighted by Crippen LogP contribution is 2.09. The Morgan fingerprint density at radius 3 is 2.38 bits per heavy atom.